The van der Waals surface area contributed by atoms with Gasteiger partial charge in [0.1, 0.15) is 5.69 Å². The van der Waals surface area contributed by atoms with Gasteiger partial charge in [-0.2, -0.15) is 0 Å². The summed E-state index contributed by atoms with van der Waals surface area (Å²) in [6.07, 6.45) is 5.66. The molecule has 2 N–H and O–H groups in total. The quantitative estimate of drug-likeness (QED) is 0.914. The van der Waals surface area contributed by atoms with Crippen LogP contribution in [0.2, 0.25) is 0 Å². The molecule has 0 bridgehead atoms. The molecule has 0 atom stereocenters. The van der Waals surface area contributed by atoms with Gasteiger partial charge in [0.15, 0.2) is 0 Å². The molecule has 0 aliphatic heterocycles. The number of hydrogen-bond acceptors (Lipinski definition) is 3. The van der Waals surface area contributed by atoms with Gasteiger partial charge in [0, 0.05) is 0 Å². The van der Waals surface area contributed by atoms with Crippen molar-refractivity contribution in [1.82, 2.24) is 15.0 Å². The van der Waals surface area contributed by atoms with Crippen LogP contribution in [0.3, 0.4) is 0 Å². The molecule has 0 spiro atoms. The monoisotopic (exact) mass is 256 g/mol. The second-order valence-electron chi connectivity index (χ2n) is 5.98. The largest absolute Gasteiger partial charge is 0.320 e. The zero-order chi connectivity index (χ0) is 13.5. The lowest BCUT2D eigenvalue weighted by atomic mass is 10.0. The van der Waals surface area contributed by atoms with Crippen LogP contribution >= 0.6 is 0 Å². The van der Waals surface area contributed by atoms with E-state index in [2.05, 4.69) is 28.5 Å². The van der Waals surface area contributed by atoms with E-state index in [0.717, 1.165) is 12.2 Å². The van der Waals surface area contributed by atoms with E-state index in [9.17, 15) is 0 Å². The van der Waals surface area contributed by atoms with Crippen LogP contribution in [0.25, 0.3) is 0 Å². The summed E-state index contributed by atoms with van der Waals surface area (Å²) in [5, 5.41) is 8.30. The average Bonchev–Trinajstić information content (AvgIpc) is 2.95. The van der Waals surface area contributed by atoms with Gasteiger partial charge in [-0.1, -0.05) is 23.4 Å². The van der Waals surface area contributed by atoms with Gasteiger partial charge in [0.05, 0.1) is 18.3 Å². The van der Waals surface area contributed by atoms with Gasteiger partial charge < -0.3 is 5.73 Å². The Morgan fingerprint density at radius 3 is 2.79 bits per heavy atom. The molecule has 19 heavy (non-hydrogen) atoms. The Morgan fingerprint density at radius 2 is 2.05 bits per heavy atom. The summed E-state index contributed by atoms with van der Waals surface area (Å²) < 4.78 is 1.86. The molecule has 3 rings (SSSR count). The number of aryl methyl sites for hydroxylation is 2. The van der Waals surface area contributed by atoms with E-state index < -0.39 is 5.54 Å². The van der Waals surface area contributed by atoms with Crippen LogP contribution in [0, 0.1) is 0 Å². The number of aromatic nitrogens is 3. The first-order chi connectivity index (χ1) is 9.02. The summed E-state index contributed by atoms with van der Waals surface area (Å²) in [6, 6.07) is 6.75. The van der Waals surface area contributed by atoms with Crippen LogP contribution in [0.4, 0.5) is 0 Å². The minimum atomic E-state index is -0.434. The average molecular weight is 256 g/mol. The van der Waals surface area contributed by atoms with Crippen molar-refractivity contribution in [2.24, 2.45) is 5.73 Å². The maximum absolute atomic E-state index is 6.02. The predicted octanol–water partition coefficient (Wildman–Crippen LogP) is 2.01. The normalized spacial score (nSPS) is 14.7. The Balaban J connectivity index is 1.80. The van der Waals surface area contributed by atoms with Crippen LogP contribution in [-0.4, -0.2) is 15.0 Å². The van der Waals surface area contributed by atoms with Crippen LogP contribution in [0.15, 0.2) is 24.4 Å². The van der Waals surface area contributed by atoms with Crippen molar-refractivity contribution in [3.63, 3.8) is 0 Å². The first-order valence-corrected chi connectivity index (χ1v) is 6.82. The highest BCUT2D eigenvalue weighted by atomic mass is 15.4. The lowest BCUT2D eigenvalue weighted by molar-refractivity contribution is 0.533. The topological polar surface area (TPSA) is 56.7 Å². The molecule has 1 aromatic carbocycles. The Bertz CT molecular complexity index is 592. The maximum atomic E-state index is 6.02. The SMILES string of the molecule is CC(C)(N)c1cn(Cc2ccc3c(c2)CCC3)nn1. The van der Waals surface area contributed by atoms with Crippen LogP contribution in [0.5, 0.6) is 0 Å². The Hall–Kier alpha value is -1.68. The van der Waals surface area contributed by atoms with Crippen molar-refractivity contribution in [2.45, 2.75) is 45.2 Å². The number of fused-ring (bicyclic) bond motifs is 1. The third-order valence-electron chi connectivity index (χ3n) is 3.71. The fourth-order valence-corrected chi connectivity index (χ4v) is 2.58. The molecule has 100 valence electrons. The molecule has 0 radical (unpaired) electrons. The van der Waals surface area contributed by atoms with E-state index in [4.69, 9.17) is 5.73 Å². The third-order valence-corrected chi connectivity index (χ3v) is 3.71. The van der Waals surface area contributed by atoms with Crippen molar-refractivity contribution in [3.05, 3.63) is 46.8 Å². The molecule has 2 aromatic rings. The third kappa shape index (κ3) is 2.54. The smallest absolute Gasteiger partial charge is 0.102 e. The van der Waals surface area contributed by atoms with Crippen molar-refractivity contribution < 1.29 is 0 Å². The van der Waals surface area contributed by atoms with E-state index in [1.54, 1.807) is 0 Å². The minimum Gasteiger partial charge on any atom is -0.320 e. The van der Waals surface area contributed by atoms with Crippen LogP contribution < -0.4 is 5.73 Å². The molecule has 1 aromatic heterocycles. The molecule has 0 fully saturated rings. The van der Waals surface area contributed by atoms with Gasteiger partial charge in [0.2, 0.25) is 0 Å². The fraction of sp³-hybridized carbons (Fsp3) is 0.467. The number of nitrogens with two attached hydrogens (primary N) is 1. The van der Waals surface area contributed by atoms with Gasteiger partial charge >= 0.3 is 0 Å². The molecule has 0 saturated heterocycles. The molecule has 1 aliphatic rings. The second kappa shape index (κ2) is 4.46. The van der Waals surface area contributed by atoms with Crippen molar-refractivity contribution in [1.29, 1.82) is 0 Å². The molecule has 4 nitrogen and oxygen atoms in total. The van der Waals surface area contributed by atoms with Crippen molar-refractivity contribution >= 4 is 0 Å². The number of benzene rings is 1. The summed E-state index contributed by atoms with van der Waals surface area (Å²) in [5.74, 6) is 0. The standard InChI is InChI=1S/C15H20N4/c1-15(2,16)14-10-19(18-17-14)9-11-6-7-12-4-3-5-13(12)8-11/h6-8,10H,3-5,9,16H2,1-2H3. The van der Waals surface area contributed by atoms with Gasteiger partial charge in [0.25, 0.3) is 0 Å². The lowest BCUT2D eigenvalue weighted by Gasteiger charge is -2.13. The number of rotatable bonds is 3. The minimum absolute atomic E-state index is 0.434. The van der Waals surface area contributed by atoms with Crippen LogP contribution in [-0.2, 0) is 24.9 Å². The first-order valence-electron chi connectivity index (χ1n) is 6.82. The van der Waals surface area contributed by atoms with Gasteiger partial charge in [-0.05, 0) is 49.8 Å². The highest BCUT2D eigenvalue weighted by molar-refractivity contribution is 5.35. The number of hydrogen-bond donors (Lipinski definition) is 1. The molecule has 4 heteroatoms. The Kier molecular flexibility index (Phi) is 2.90. The van der Waals surface area contributed by atoms with E-state index in [-0.39, 0.29) is 0 Å². The summed E-state index contributed by atoms with van der Waals surface area (Å²) in [4.78, 5) is 0. The molecule has 0 saturated carbocycles. The summed E-state index contributed by atoms with van der Waals surface area (Å²) in [5.41, 5.74) is 10.7. The predicted molar refractivity (Wildman–Crippen MR) is 74.8 cm³/mol. The molecular weight excluding hydrogens is 236 g/mol. The van der Waals surface area contributed by atoms with E-state index in [1.807, 2.05) is 24.7 Å². The number of nitrogens with zero attached hydrogens (tertiary/aromatic N) is 3. The lowest BCUT2D eigenvalue weighted by Crippen LogP contribution is -2.29. The Morgan fingerprint density at radius 1 is 1.26 bits per heavy atom. The summed E-state index contributed by atoms with van der Waals surface area (Å²) in [6.45, 7) is 4.64. The molecule has 0 unspecified atom stereocenters. The van der Waals surface area contributed by atoms with Gasteiger partial charge in [-0.25, -0.2) is 4.68 Å². The van der Waals surface area contributed by atoms with Gasteiger partial charge in [-0.15, -0.1) is 5.10 Å². The fourth-order valence-electron chi connectivity index (χ4n) is 2.58. The van der Waals surface area contributed by atoms with E-state index in [0.29, 0.717) is 0 Å². The van der Waals surface area contributed by atoms with Crippen molar-refractivity contribution in [2.75, 3.05) is 0 Å². The molecular formula is C15H20N4. The summed E-state index contributed by atoms with van der Waals surface area (Å²) >= 11 is 0. The highest BCUT2D eigenvalue weighted by Gasteiger charge is 2.18. The van der Waals surface area contributed by atoms with Crippen LogP contribution in [0.1, 0.15) is 42.7 Å². The second-order valence-corrected chi connectivity index (χ2v) is 5.98. The summed E-state index contributed by atoms with van der Waals surface area (Å²) in [7, 11) is 0. The van der Waals surface area contributed by atoms with E-state index >= 15 is 0 Å². The molecule has 0 amide bonds. The molecule has 1 aliphatic carbocycles. The molecule has 1 heterocycles. The van der Waals surface area contributed by atoms with E-state index in [1.165, 1.54) is 36.0 Å². The highest BCUT2D eigenvalue weighted by Crippen LogP contribution is 2.23. The first kappa shape index (κ1) is 12.4. The van der Waals surface area contributed by atoms with Crippen molar-refractivity contribution in [3.8, 4) is 0 Å². The zero-order valence-corrected chi connectivity index (χ0v) is 11.6. The van der Waals surface area contributed by atoms with Gasteiger partial charge in [-0.3, -0.25) is 0 Å². The Labute approximate surface area is 113 Å². The maximum Gasteiger partial charge on any atom is 0.102 e. The zero-order valence-electron chi connectivity index (χ0n) is 11.6.